The van der Waals surface area contributed by atoms with Crippen LogP contribution in [-0.2, 0) is 4.79 Å². The summed E-state index contributed by atoms with van der Waals surface area (Å²) in [4.78, 5) is 12.4. The number of carbonyl (C=O) groups is 1. The van der Waals surface area contributed by atoms with Crippen LogP contribution in [0.1, 0.15) is 64.7 Å². The van der Waals surface area contributed by atoms with Crippen LogP contribution < -0.4 is 4.74 Å². The quantitative estimate of drug-likeness (QED) is 0.234. The summed E-state index contributed by atoms with van der Waals surface area (Å²) in [6.45, 7) is 2.30. The third-order valence-corrected chi connectivity index (χ3v) is 10.4. The minimum absolute atomic E-state index is 0.0195. The Morgan fingerprint density at radius 2 is 1.63 bits per heavy atom. The molecule has 1 saturated carbocycles. The number of hydrogen-bond donors (Lipinski definition) is 0. The first kappa shape index (κ1) is 20.6. The van der Waals surface area contributed by atoms with Crippen molar-refractivity contribution in [1.29, 1.82) is 0 Å². The molecule has 0 atom stereocenters. The zero-order valence-corrected chi connectivity index (χ0v) is 18.0. The van der Waals surface area contributed by atoms with Crippen molar-refractivity contribution in [2.45, 2.75) is 82.8 Å². The summed E-state index contributed by atoms with van der Waals surface area (Å²) in [5.74, 6) is 1.77. The summed E-state index contributed by atoms with van der Waals surface area (Å²) in [5.41, 5.74) is 0. The summed E-state index contributed by atoms with van der Waals surface area (Å²) in [6, 6.07) is 10.4. The Kier molecular flexibility index (Phi) is 7.92. The molecule has 4 heteroatoms. The van der Waals surface area contributed by atoms with Gasteiger partial charge in [-0.15, -0.1) is 0 Å². The normalized spacial score (nSPS) is 28.7. The smallest absolute Gasteiger partial charge is 0.314 e. The summed E-state index contributed by atoms with van der Waals surface area (Å²) in [7, 11) is -0.424. The largest absolute Gasteiger partial charge is 0.426 e. The van der Waals surface area contributed by atoms with Crippen LogP contribution in [0, 0.1) is 23.6 Å². The van der Waals surface area contributed by atoms with Gasteiger partial charge in [0.25, 0.3) is 0 Å². The molecule has 1 aliphatic carbocycles. The van der Waals surface area contributed by atoms with Gasteiger partial charge >= 0.3 is 5.97 Å². The number of rotatable bonds is 7. The molecule has 2 aliphatic rings. The fourth-order valence-corrected chi connectivity index (χ4v) is 8.69. The molecule has 0 unspecified atom stereocenters. The Hall–Kier alpha value is -1.16. The lowest BCUT2D eigenvalue weighted by Crippen LogP contribution is -2.31. The Balaban J connectivity index is 1.37. The van der Waals surface area contributed by atoms with Gasteiger partial charge in [0.05, 0.1) is 5.92 Å². The number of carbonyl (C=O) groups excluding carboxylic acids is 1. The molecule has 1 aromatic rings. The monoisotopic (exact) mass is 390 g/mol. The number of esters is 1. The Morgan fingerprint density at radius 3 is 2.26 bits per heavy atom. The van der Waals surface area contributed by atoms with Crippen LogP contribution in [-0.4, -0.2) is 14.8 Å². The number of ether oxygens (including phenoxy) is 1. The van der Waals surface area contributed by atoms with E-state index >= 15 is 0 Å². The van der Waals surface area contributed by atoms with Crippen molar-refractivity contribution in [2.24, 2.45) is 17.8 Å². The van der Waals surface area contributed by atoms with Crippen molar-refractivity contribution in [3.8, 4) is 5.75 Å². The summed E-state index contributed by atoms with van der Waals surface area (Å²) >= 11 is 0. The highest BCUT2D eigenvalue weighted by atomic mass is 28.3. The third-order valence-electron chi connectivity index (χ3n) is 6.91. The molecule has 2 fully saturated rings. The van der Waals surface area contributed by atoms with E-state index in [0.29, 0.717) is 5.75 Å². The van der Waals surface area contributed by atoms with Crippen molar-refractivity contribution in [3.63, 3.8) is 0 Å². The summed E-state index contributed by atoms with van der Waals surface area (Å²) < 4.78 is 18.4. The van der Waals surface area contributed by atoms with E-state index in [1.165, 1.54) is 69.2 Å². The molecule has 1 saturated heterocycles. The van der Waals surface area contributed by atoms with Crippen LogP contribution in [0.4, 0.5) is 4.39 Å². The predicted molar refractivity (Wildman–Crippen MR) is 111 cm³/mol. The summed E-state index contributed by atoms with van der Waals surface area (Å²) in [6.07, 6.45) is 11.4. The maximum atomic E-state index is 13.0. The minimum atomic E-state index is -0.424. The highest BCUT2D eigenvalue weighted by Gasteiger charge is 2.33. The van der Waals surface area contributed by atoms with E-state index in [4.69, 9.17) is 4.74 Å². The van der Waals surface area contributed by atoms with Gasteiger partial charge in [0, 0.05) is 8.80 Å². The zero-order chi connectivity index (χ0) is 19.1. The second-order valence-electron chi connectivity index (χ2n) is 8.76. The first-order valence-electron chi connectivity index (χ1n) is 11.1. The second-order valence-corrected chi connectivity index (χ2v) is 12.2. The van der Waals surface area contributed by atoms with E-state index in [0.717, 1.165) is 24.7 Å². The van der Waals surface area contributed by atoms with Gasteiger partial charge in [-0.3, -0.25) is 4.79 Å². The zero-order valence-electron chi connectivity index (χ0n) is 16.8. The fourth-order valence-electron chi connectivity index (χ4n) is 5.16. The predicted octanol–water partition coefficient (Wildman–Crippen LogP) is 6.36. The van der Waals surface area contributed by atoms with E-state index in [1.807, 2.05) is 0 Å². The van der Waals surface area contributed by atoms with E-state index in [1.54, 1.807) is 18.1 Å². The topological polar surface area (TPSA) is 26.3 Å². The first-order valence-corrected chi connectivity index (χ1v) is 13.6. The van der Waals surface area contributed by atoms with Crippen molar-refractivity contribution >= 4 is 14.8 Å². The van der Waals surface area contributed by atoms with Gasteiger partial charge in [-0.2, -0.15) is 0 Å². The number of hydrogen-bond acceptors (Lipinski definition) is 2. The van der Waals surface area contributed by atoms with E-state index in [9.17, 15) is 9.18 Å². The van der Waals surface area contributed by atoms with Crippen LogP contribution in [0.5, 0.6) is 5.75 Å². The van der Waals surface area contributed by atoms with Crippen LogP contribution >= 0.6 is 0 Å². The van der Waals surface area contributed by atoms with Crippen molar-refractivity contribution in [2.75, 3.05) is 0 Å². The van der Waals surface area contributed by atoms with Gasteiger partial charge < -0.3 is 4.74 Å². The SMILES string of the molecule is CCCCC[SiH]1CCC(C2CCC(C(=O)Oc3ccc(F)cc3)CC2)CC1. The first-order chi connectivity index (χ1) is 13.2. The van der Waals surface area contributed by atoms with Gasteiger partial charge in [-0.25, -0.2) is 4.39 Å². The van der Waals surface area contributed by atoms with Crippen LogP contribution in [0.3, 0.4) is 0 Å². The van der Waals surface area contributed by atoms with Gasteiger partial charge in [0.15, 0.2) is 0 Å². The van der Waals surface area contributed by atoms with E-state index in [2.05, 4.69) is 6.92 Å². The molecule has 0 amide bonds. The number of benzene rings is 1. The molecule has 1 heterocycles. The average Bonchev–Trinajstić information content (AvgIpc) is 2.70. The molecular weight excluding hydrogens is 355 g/mol. The van der Waals surface area contributed by atoms with Crippen LogP contribution in [0.15, 0.2) is 24.3 Å². The molecule has 2 nitrogen and oxygen atoms in total. The van der Waals surface area contributed by atoms with Gasteiger partial charge in [0.2, 0.25) is 0 Å². The lowest BCUT2D eigenvalue weighted by Gasteiger charge is -2.37. The van der Waals surface area contributed by atoms with Gasteiger partial charge in [0.1, 0.15) is 11.6 Å². The van der Waals surface area contributed by atoms with E-state index < -0.39 is 8.80 Å². The molecule has 0 radical (unpaired) electrons. The fraction of sp³-hybridized carbons (Fsp3) is 0.696. The molecule has 0 bridgehead atoms. The highest BCUT2D eigenvalue weighted by molar-refractivity contribution is 6.58. The van der Waals surface area contributed by atoms with Crippen LogP contribution in [0.25, 0.3) is 0 Å². The van der Waals surface area contributed by atoms with Crippen molar-refractivity contribution < 1.29 is 13.9 Å². The van der Waals surface area contributed by atoms with Crippen molar-refractivity contribution in [1.82, 2.24) is 0 Å². The van der Waals surface area contributed by atoms with Gasteiger partial charge in [-0.05, 0) is 61.8 Å². The standard InChI is InChI=1S/C23H35FO2Si/c1-2-3-4-15-27-16-13-19(14-17-27)18-5-7-20(8-6-18)23(25)26-22-11-9-21(24)10-12-22/h9-12,18-20,27H,2-8,13-17H2,1H3. The molecule has 3 rings (SSSR count). The lowest BCUT2D eigenvalue weighted by molar-refractivity contribution is -0.140. The average molecular weight is 391 g/mol. The van der Waals surface area contributed by atoms with Crippen molar-refractivity contribution in [3.05, 3.63) is 30.1 Å². The molecular formula is C23H35FO2Si. The molecule has 1 aromatic carbocycles. The Morgan fingerprint density at radius 1 is 1.00 bits per heavy atom. The molecule has 0 spiro atoms. The highest BCUT2D eigenvalue weighted by Crippen LogP contribution is 2.41. The number of unbranched alkanes of at least 4 members (excludes halogenated alkanes) is 2. The maximum absolute atomic E-state index is 13.0. The molecule has 0 N–H and O–H groups in total. The lowest BCUT2D eigenvalue weighted by atomic mass is 9.74. The Bertz CT molecular complexity index is 573. The van der Waals surface area contributed by atoms with Gasteiger partial charge in [-0.1, -0.05) is 57.2 Å². The number of halogens is 1. The van der Waals surface area contributed by atoms with E-state index in [-0.39, 0.29) is 17.7 Å². The van der Waals surface area contributed by atoms with Crippen LogP contribution in [0.2, 0.25) is 18.1 Å². The second kappa shape index (κ2) is 10.4. The third kappa shape index (κ3) is 6.17. The molecule has 150 valence electrons. The molecule has 27 heavy (non-hydrogen) atoms. The Labute approximate surface area is 165 Å². The molecule has 1 aliphatic heterocycles. The summed E-state index contributed by atoms with van der Waals surface area (Å²) in [5, 5.41) is 0. The molecule has 0 aromatic heterocycles. The maximum Gasteiger partial charge on any atom is 0.314 e. The minimum Gasteiger partial charge on any atom is -0.426 e.